The summed E-state index contributed by atoms with van der Waals surface area (Å²) in [6.07, 6.45) is 8.71. The average molecular weight is 375 g/mol. The molecule has 1 unspecified atom stereocenters. The van der Waals surface area contributed by atoms with E-state index in [9.17, 15) is 5.11 Å². The Kier molecular flexibility index (Phi) is 3.21. The van der Waals surface area contributed by atoms with Crippen LogP contribution in [0.5, 0.6) is 5.75 Å². The van der Waals surface area contributed by atoms with Gasteiger partial charge < -0.3 is 5.11 Å². The Bertz CT molecular complexity index is 1030. The minimum atomic E-state index is -1.77. The zero-order valence-electron chi connectivity index (χ0n) is 16.1. The van der Waals surface area contributed by atoms with Gasteiger partial charge in [0.1, 0.15) is 13.3 Å². The molecule has 0 saturated carbocycles. The van der Waals surface area contributed by atoms with Crippen molar-refractivity contribution in [2.24, 2.45) is 0 Å². The fraction of sp³-hybridized carbons (Fsp3) is 0.304. The standard InChI is InChI=1S/C23H26OSi2/c1-5-25(2,3)26(4)22-18-14-16-12-8-9-13-17(16)20(18)19(23(26)21(22)24)15-10-6-7-11-15/h6-10,12-13,24H,5,11,14H2,1-4H3. The summed E-state index contributed by atoms with van der Waals surface area (Å²) >= 11 is 0. The number of rotatable bonds is 3. The number of aromatic hydroxyl groups is 1. The Labute approximate surface area is 157 Å². The van der Waals surface area contributed by atoms with Crippen LogP contribution in [0.4, 0.5) is 0 Å². The molecule has 0 aromatic heterocycles. The van der Waals surface area contributed by atoms with Crippen LogP contribution in [0, 0.1) is 0 Å². The molecule has 1 atom stereocenters. The van der Waals surface area contributed by atoms with E-state index >= 15 is 0 Å². The largest absolute Gasteiger partial charge is 0.508 e. The summed E-state index contributed by atoms with van der Waals surface area (Å²) in [5.74, 6) is 0.655. The maximum Gasteiger partial charge on any atom is 0.118 e. The second kappa shape index (κ2) is 5.11. The molecule has 0 amide bonds. The number of hydrogen-bond donors (Lipinski definition) is 1. The summed E-state index contributed by atoms with van der Waals surface area (Å²) in [5, 5.41) is 14.0. The second-order valence-corrected chi connectivity index (χ2v) is 23.6. The number of fused-ring (bicyclic) bond motifs is 1. The van der Waals surface area contributed by atoms with Gasteiger partial charge in [0.15, 0.2) is 0 Å². The van der Waals surface area contributed by atoms with E-state index in [4.69, 9.17) is 0 Å². The first-order valence-electron chi connectivity index (χ1n) is 9.79. The summed E-state index contributed by atoms with van der Waals surface area (Å²) in [6.45, 7) is 10.0. The molecule has 0 spiro atoms. The Morgan fingerprint density at radius 1 is 1.12 bits per heavy atom. The lowest BCUT2D eigenvalue weighted by Crippen LogP contribution is -2.79. The third-order valence-corrected chi connectivity index (χ3v) is 25.7. The minimum absolute atomic E-state index is 0.655. The van der Waals surface area contributed by atoms with Crippen molar-refractivity contribution < 1.29 is 5.11 Å². The summed E-state index contributed by atoms with van der Waals surface area (Å²) in [7, 11) is -3.20. The predicted octanol–water partition coefficient (Wildman–Crippen LogP) is 4.62. The molecular weight excluding hydrogens is 348 g/mol. The van der Waals surface area contributed by atoms with Gasteiger partial charge >= 0.3 is 0 Å². The lowest BCUT2D eigenvalue weighted by molar-refractivity contribution is 0.479. The molecule has 0 saturated heterocycles. The first kappa shape index (κ1) is 16.3. The number of phenols is 1. The fourth-order valence-corrected chi connectivity index (χ4v) is 18.1. The number of benzene rings is 2. The lowest BCUT2D eigenvalue weighted by Gasteiger charge is -2.52. The minimum Gasteiger partial charge on any atom is -0.508 e. The first-order valence-corrected chi connectivity index (χ1v) is 16.5. The van der Waals surface area contributed by atoms with Crippen LogP contribution in [-0.4, -0.2) is 20.3 Å². The SMILES string of the molecule is CC[Si](C)(C)[Si]1(C)c2c(O)c1c(C1=CC=CC1)c1c2Cc2ccccc2-1. The third-order valence-electron chi connectivity index (χ3n) is 7.56. The topological polar surface area (TPSA) is 20.2 Å². The highest BCUT2D eigenvalue weighted by Gasteiger charge is 2.59. The zero-order valence-corrected chi connectivity index (χ0v) is 18.1. The second-order valence-electron chi connectivity index (χ2n) is 8.85. The van der Waals surface area contributed by atoms with Gasteiger partial charge in [0, 0.05) is 0 Å². The van der Waals surface area contributed by atoms with Crippen LogP contribution in [-0.2, 0) is 6.42 Å². The molecule has 26 heavy (non-hydrogen) atoms. The van der Waals surface area contributed by atoms with E-state index in [1.807, 2.05) is 0 Å². The Balaban J connectivity index is 1.87. The molecule has 2 aliphatic carbocycles. The van der Waals surface area contributed by atoms with Crippen LogP contribution in [0.25, 0.3) is 16.7 Å². The van der Waals surface area contributed by atoms with Crippen LogP contribution < -0.4 is 10.4 Å². The quantitative estimate of drug-likeness (QED) is 0.663. The van der Waals surface area contributed by atoms with Crippen molar-refractivity contribution in [3.05, 3.63) is 59.2 Å². The average Bonchev–Trinajstić information content (AvgIpc) is 3.28. The van der Waals surface area contributed by atoms with Crippen molar-refractivity contribution in [3.63, 3.8) is 0 Å². The van der Waals surface area contributed by atoms with E-state index in [-0.39, 0.29) is 0 Å². The molecule has 0 fully saturated rings. The van der Waals surface area contributed by atoms with Crippen LogP contribution in [0.1, 0.15) is 30.0 Å². The van der Waals surface area contributed by atoms with Gasteiger partial charge in [-0.05, 0) is 56.6 Å². The monoisotopic (exact) mass is 374 g/mol. The van der Waals surface area contributed by atoms with Crippen molar-refractivity contribution in [1.82, 2.24) is 0 Å². The number of allylic oxidation sites excluding steroid dienone is 4. The van der Waals surface area contributed by atoms with Gasteiger partial charge in [-0.15, -0.1) is 0 Å². The maximum absolute atomic E-state index is 11.2. The van der Waals surface area contributed by atoms with Crippen molar-refractivity contribution >= 4 is 31.1 Å². The predicted molar refractivity (Wildman–Crippen MR) is 117 cm³/mol. The fourth-order valence-electron chi connectivity index (χ4n) is 5.44. The zero-order chi connectivity index (χ0) is 18.3. The summed E-state index contributed by atoms with van der Waals surface area (Å²) < 4.78 is 0. The Morgan fingerprint density at radius 3 is 2.58 bits per heavy atom. The van der Waals surface area contributed by atoms with Gasteiger partial charge in [0.05, 0.1) is 7.59 Å². The summed E-state index contributed by atoms with van der Waals surface area (Å²) in [5.41, 5.74) is 8.57. The maximum atomic E-state index is 11.2. The summed E-state index contributed by atoms with van der Waals surface area (Å²) in [4.78, 5) is 0. The first-order chi connectivity index (χ1) is 12.4. The van der Waals surface area contributed by atoms with E-state index in [1.54, 1.807) is 0 Å². The molecule has 1 N–H and O–H groups in total. The molecule has 132 valence electrons. The van der Waals surface area contributed by atoms with Crippen molar-refractivity contribution in [2.75, 3.05) is 0 Å². The van der Waals surface area contributed by atoms with Crippen molar-refractivity contribution in [2.45, 2.75) is 45.5 Å². The molecule has 0 radical (unpaired) electrons. The van der Waals surface area contributed by atoms with Crippen molar-refractivity contribution in [1.29, 1.82) is 0 Å². The highest BCUT2D eigenvalue weighted by atomic mass is 29.3. The molecule has 1 nitrogen and oxygen atoms in total. The molecule has 6 rings (SSSR count). The lowest BCUT2D eigenvalue weighted by atomic mass is 9.92. The van der Waals surface area contributed by atoms with Gasteiger partial charge in [-0.1, -0.05) is 75.1 Å². The molecule has 4 aliphatic rings. The highest BCUT2D eigenvalue weighted by Crippen LogP contribution is 2.49. The van der Waals surface area contributed by atoms with Gasteiger partial charge in [-0.25, -0.2) is 0 Å². The molecule has 2 bridgehead atoms. The molecule has 2 heterocycles. The number of hydrogen-bond acceptors (Lipinski definition) is 1. The van der Waals surface area contributed by atoms with E-state index in [2.05, 4.69) is 69.1 Å². The van der Waals surface area contributed by atoms with E-state index in [1.165, 1.54) is 49.8 Å². The molecule has 2 aliphatic heterocycles. The van der Waals surface area contributed by atoms with E-state index < -0.39 is 15.2 Å². The van der Waals surface area contributed by atoms with Crippen LogP contribution in [0.15, 0.2) is 42.5 Å². The van der Waals surface area contributed by atoms with Crippen LogP contribution in [0.2, 0.25) is 25.7 Å². The van der Waals surface area contributed by atoms with Gasteiger partial charge in [0.25, 0.3) is 0 Å². The third kappa shape index (κ3) is 1.71. The Morgan fingerprint density at radius 2 is 1.88 bits per heavy atom. The van der Waals surface area contributed by atoms with Gasteiger partial charge in [-0.2, -0.15) is 0 Å². The molecule has 2 aromatic carbocycles. The molecule has 3 heteroatoms. The smallest absolute Gasteiger partial charge is 0.118 e. The van der Waals surface area contributed by atoms with Crippen LogP contribution in [0.3, 0.4) is 0 Å². The molecular formula is C23H26OSi2. The van der Waals surface area contributed by atoms with Gasteiger partial charge in [-0.3, -0.25) is 0 Å². The number of phenolic OH excluding ortho intramolecular Hbond substituents is 1. The Hall–Kier alpha value is -1.85. The van der Waals surface area contributed by atoms with Crippen LogP contribution >= 0.6 is 0 Å². The molecule has 2 aromatic rings. The van der Waals surface area contributed by atoms with Crippen molar-refractivity contribution in [3.8, 4) is 16.9 Å². The van der Waals surface area contributed by atoms with E-state index in [0.717, 1.165) is 12.8 Å². The van der Waals surface area contributed by atoms with Gasteiger partial charge in [0.2, 0.25) is 0 Å². The highest BCUT2D eigenvalue weighted by molar-refractivity contribution is 7.53. The van der Waals surface area contributed by atoms with E-state index in [0.29, 0.717) is 5.75 Å². The summed E-state index contributed by atoms with van der Waals surface area (Å²) in [6, 6.07) is 10.2. The normalized spacial score (nSPS) is 22.1.